The third-order valence-electron chi connectivity index (χ3n) is 3.51. The second-order valence-electron chi connectivity index (χ2n) is 4.62. The molecule has 16 heavy (non-hydrogen) atoms. The number of rotatable bonds is 2. The van der Waals surface area contributed by atoms with Crippen molar-refractivity contribution in [3.63, 3.8) is 0 Å². The summed E-state index contributed by atoms with van der Waals surface area (Å²) >= 11 is 0. The van der Waals surface area contributed by atoms with E-state index in [1.54, 1.807) is 14.0 Å². The molecule has 0 spiro atoms. The van der Waals surface area contributed by atoms with Crippen molar-refractivity contribution in [1.29, 1.82) is 0 Å². The first-order valence-electron chi connectivity index (χ1n) is 5.67. The van der Waals surface area contributed by atoms with E-state index in [0.29, 0.717) is 11.3 Å². The van der Waals surface area contributed by atoms with Crippen LogP contribution in [-0.4, -0.2) is 13.7 Å². The zero-order chi connectivity index (χ0) is 11.8. The predicted molar refractivity (Wildman–Crippen MR) is 62.3 cm³/mol. The topological polar surface area (TPSA) is 21.3 Å². The molecule has 3 heteroatoms. The summed E-state index contributed by atoms with van der Waals surface area (Å²) in [5.74, 6) is 0.471. The van der Waals surface area contributed by atoms with E-state index >= 15 is 0 Å². The highest BCUT2D eigenvalue weighted by Crippen LogP contribution is 2.38. The van der Waals surface area contributed by atoms with Crippen LogP contribution in [0.15, 0.2) is 12.1 Å². The van der Waals surface area contributed by atoms with E-state index in [0.717, 1.165) is 24.9 Å². The van der Waals surface area contributed by atoms with Crippen LogP contribution in [0.4, 0.5) is 4.39 Å². The van der Waals surface area contributed by atoms with Crippen molar-refractivity contribution in [3.8, 4) is 5.75 Å². The molecule has 0 aliphatic carbocycles. The van der Waals surface area contributed by atoms with E-state index in [1.165, 1.54) is 6.07 Å². The molecule has 1 N–H and O–H groups in total. The molecule has 0 radical (unpaired) electrons. The summed E-state index contributed by atoms with van der Waals surface area (Å²) in [7, 11) is 1.60. The van der Waals surface area contributed by atoms with Gasteiger partial charge < -0.3 is 10.1 Å². The molecule has 2 nitrogen and oxygen atoms in total. The largest absolute Gasteiger partial charge is 0.496 e. The number of hydrogen-bond acceptors (Lipinski definition) is 2. The van der Waals surface area contributed by atoms with Crippen molar-refractivity contribution >= 4 is 0 Å². The Balaban J connectivity index is 2.52. The van der Waals surface area contributed by atoms with Crippen molar-refractivity contribution in [3.05, 3.63) is 29.1 Å². The SMILES string of the molecule is COc1c(C2(C)CCCN2)ccc(F)c1C. The highest BCUT2D eigenvalue weighted by atomic mass is 19.1. The molecule has 1 aromatic rings. The first-order chi connectivity index (χ1) is 7.58. The van der Waals surface area contributed by atoms with Gasteiger partial charge in [-0.25, -0.2) is 4.39 Å². The number of halogens is 1. The fourth-order valence-electron chi connectivity index (χ4n) is 2.49. The summed E-state index contributed by atoms with van der Waals surface area (Å²) in [5, 5.41) is 3.47. The van der Waals surface area contributed by atoms with Crippen molar-refractivity contribution in [2.75, 3.05) is 13.7 Å². The van der Waals surface area contributed by atoms with Crippen LogP contribution in [0.3, 0.4) is 0 Å². The number of methoxy groups -OCH3 is 1. The fourth-order valence-corrected chi connectivity index (χ4v) is 2.49. The molecule has 0 aromatic heterocycles. The lowest BCUT2D eigenvalue weighted by atomic mass is 9.88. The molecule has 0 amide bonds. The lowest BCUT2D eigenvalue weighted by molar-refractivity contribution is 0.365. The van der Waals surface area contributed by atoms with Gasteiger partial charge in [0.1, 0.15) is 11.6 Å². The van der Waals surface area contributed by atoms with Crippen LogP contribution in [0, 0.1) is 12.7 Å². The van der Waals surface area contributed by atoms with Crippen LogP contribution in [0.1, 0.15) is 30.9 Å². The first kappa shape index (κ1) is 11.4. The van der Waals surface area contributed by atoms with Crippen LogP contribution < -0.4 is 10.1 Å². The zero-order valence-electron chi connectivity index (χ0n) is 10.1. The molecule has 1 aliphatic rings. The number of benzene rings is 1. The molecule has 1 heterocycles. The van der Waals surface area contributed by atoms with Crippen LogP contribution in [-0.2, 0) is 5.54 Å². The molecule has 1 atom stereocenters. The molecule has 0 bridgehead atoms. The summed E-state index contributed by atoms with van der Waals surface area (Å²) in [6.45, 7) is 4.92. The number of ether oxygens (including phenoxy) is 1. The van der Waals surface area contributed by atoms with E-state index in [9.17, 15) is 4.39 Å². The highest BCUT2D eigenvalue weighted by Gasteiger charge is 2.33. The number of hydrogen-bond donors (Lipinski definition) is 1. The Morgan fingerprint density at radius 2 is 2.19 bits per heavy atom. The van der Waals surface area contributed by atoms with Crippen LogP contribution in [0.2, 0.25) is 0 Å². The average molecular weight is 223 g/mol. The van der Waals surface area contributed by atoms with Crippen molar-refractivity contribution in [2.24, 2.45) is 0 Å². The van der Waals surface area contributed by atoms with Gasteiger partial charge in [0, 0.05) is 16.7 Å². The molecule has 1 saturated heterocycles. The number of nitrogens with one attached hydrogen (secondary N) is 1. The Bertz CT molecular complexity index is 397. The average Bonchev–Trinajstić information content (AvgIpc) is 2.70. The van der Waals surface area contributed by atoms with E-state index in [4.69, 9.17) is 4.74 Å². The van der Waals surface area contributed by atoms with Gasteiger partial charge >= 0.3 is 0 Å². The van der Waals surface area contributed by atoms with Crippen molar-refractivity contribution < 1.29 is 9.13 Å². The van der Waals surface area contributed by atoms with Gasteiger partial charge in [-0.05, 0) is 39.3 Å². The molecule has 1 aromatic carbocycles. The highest BCUT2D eigenvalue weighted by molar-refractivity contribution is 5.45. The van der Waals surface area contributed by atoms with Gasteiger partial charge in [0.2, 0.25) is 0 Å². The minimum absolute atomic E-state index is 0.0796. The summed E-state index contributed by atoms with van der Waals surface area (Å²) in [4.78, 5) is 0. The van der Waals surface area contributed by atoms with Gasteiger partial charge in [-0.3, -0.25) is 0 Å². The smallest absolute Gasteiger partial charge is 0.129 e. The standard InChI is InChI=1S/C13H18FNO/c1-9-11(14)6-5-10(12(9)16-3)13(2)7-4-8-15-13/h5-6,15H,4,7-8H2,1-3H3. The molecular formula is C13H18FNO. The second kappa shape index (κ2) is 4.06. The second-order valence-corrected chi connectivity index (χ2v) is 4.62. The van der Waals surface area contributed by atoms with Gasteiger partial charge in [-0.15, -0.1) is 0 Å². The van der Waals surface area contributed by atoms with E-state index < -0.39 is 0 Å². The quantitative estimate of drug-likeness (QED) is 0.832. The van der Waals surface area contributed by atoms with E-state index in [2.05, 4.69) is 12.2 Å². The molecule has 1 aliphatic heterocycles. The predicted octanol–water partition coefficient (Wildman–Crippen LogP) is 2.74. The first-order valence-corrected chi connectivity index (χ1v) is 5.67. The lowest BCUT2D eigenvalue weighted by Gasteiger charge is -2.27. The maximum atomic E-state index is 13.5. The van der Waals surface area contributed by atoms with Crippen LogP contribution in [0.5, 0.6) is 5.75 Å². The minimum atomic E-state index is -0.206. The Hall–Kier alpha value is -1.09. The Labute approximate surface area is 95.8 Å². The Morgan fingerprint density at radius 1 is 1.44 bits per heavy atom. The van der Waals surface area contributed by atoms with Crippen LogP contribution in [0.25, 0.3) is 0 Å². The van der Waals surface area contributed by atoms with E-state index in [-0.39, 0.29) is 11.4 Å². The minimum Gasteiger partial charge on any atom is -0.496 e. The molecule has 1 unspecified atom stereocenters. The Kier molecular flexibility index (Phi) is 2.89. The maximum absolute atomic E-state index is 13.5. The molecule has 2 rings (SSSR count). The van der Waals surface area contributed by atoms with Gasteiger partial charge in [0.05, 0.1) is 7.11 Å². The van der Waals surface area contributed by atoms with Crippen molar-refractivity contribution in [2.45, 2.75) is 32.2 Å². The fraction of sp³-hybridized carbons (Fsp3) is 0.538. The van der Waals surface area contributed by atoms with Gasteiger partial charge in [0.25, 0.3) is 0 Å². The van der Waals surface area contributed by atoms with E-state index in [1.807, 2.05) is 6.07 Å². The third-order valence-corrected chi connectivity index (χ3v) is 3.51. The molecule has 1 fully saturated rings. The summed E-state index contributed by atoms with van der Waals surface area (Å²) in [6, 6.07) is 3.36. The summed E-state index contributed by atoms with van der Waals surface area (Å²) in [6.07, 6.45) is 2.21. The Morgan fingerprint density at radius 3 is 2.75 bits per heavy atom. The van der Waals surface area contributed by atoms with Crippen molar-refractivity contribution in [1.82, 2.24) is 5.32 Å². The maximum Gasteiger partial charge on any atom is 0.129 e. The molecule has 0 saturated carbocycles. The molecular weight excluding hydrogens is 205 g/mol. The lowest BCUT2D eigenvalue weighted by Crippen LogP contribution is -2.33. The zero-order valence-corrected chi connectivity index (χ0v) is 10.1. The summed E-state index contributed by atoms with van der Waals surface area (Å²) in [5.41, 5.74) is 1.57. The normalized spacial score (nSPS) is 24.8. The molecule has 88 valence electrons. The monoisotopic (exact) mass is 223 g/mol. The van der Waals surface area contributed by atoms with Gasteiger partial charge in [-0.2, -0.15) is 0 Å². The summed E-state index contributed by atoms with van der Waals surface area (Å²) < 4.78 is 18.8. The third kappa shape index (κ3) is 1.69. The van der Waals surface area contributed by atoms with Gasteiger partial charge in [0.15, 0.2) is 0 Å². The van der Waals surface area contributed by atoms with Gasteiger partial charge in [-0.1, -0.05) is 6.07 Å². The van der Waals surface area contributed by atoms with Crippen LogP contribution >= 0.6 is 0 Å².